The quantitative estimate of drug-likeness (QED) is 0.319. The number of halogens is 2. The molecule has 9 heteroatoms. The van der Waals surface area contributed by atoms with Gasteiger partial charge in [0.25, 0.3) is 10.0 Å². The van der Waals surface area contributed by atoms with Crippen LogP contribution in [0.15, 0.2) is 71.6 Å². The Morgan fingerprint density at radius 1 is 1.00 bits per heavy atom. The van der Waals surface area contributed by atoms with Crippen molar-refractivity contribution in [3.05, 3.63) is 94.3 Å². The summed E-state index contributed by atoms with van der Waals surface area (Å²) in [7, 11) is -3.99. The van der Waals surface area contributed by atoms with E-state index in [1.807, 2.05) is 19.9 Å². The summed E-state index contributed by atoms with van der Waals surface area (Å²) in [6, 6.07) is 17.6. The van der Waals surface area contributed by atoms with E-state index in [2.05, 4.69) is 5.32 Å². The fraction of sp³-hybridized carbons (Fsp3) is 0.269. The number of rotatable bonds is 11. The third kappa shape index (κ3) is 7.72. The Morgan fingerprint density at radius 2 is 1.69 bits per heavy atom. The zero-order valence-electron chi connectivity index (χ0n) is 19.6. The lowest BCUT2D eigenvalue weighted by atomic mass is 10.1. The molecular weight excluding hydrogens is 507 g/mol. The number of hydrogen-bond donors (Lipinski definition) is 1. The number of anilines is 1. The van der Waals surface area contributed by atoms with Gasteiger partial charge in [-0.3, -0.25) is 9.10 Å². The molecule has 0 radical (unpaired) electrons. The first-order chi connectivity index (χ1) is 16.7. The van der Waals surface area contributed by atoms with Crippen molar-refractivity contribution in [3.8, 4) is 0 Å². The summed E-state index contributed by atoms with van der Waals surface area (Å²) in [5.41, 5.74) is 3.42. The molecule has 0 spiro atoms. The zero-order chi connectivity index (χ0) is 25.4. The summed E-state index contributed by atoms with van der Waals surface area (Å²) in [5.74, 6) is 0.925. The standard InChI is InChI=1S/C26H28ClFN2O3S2/c1-19-4-11-24(16-20(19)2)30(35(32,33)25-12-7-22(27)8-13-25)17-26(31)29-14-3-15-34-18-21-5-9-23(28)10-6-21/h4-13,16H,3,14-15,17-18H2,1-2H3,(H,29,31). The highest BCUT2D eigenvalue weighted by atomic mass is 35.5. The molecule has 186 valence electrons. The van der Waals surface area contributed by atoms with Gasteiger partial charge in [0.05, 0.1) is 10.6 Å². The Morgan fingerprint density at radius 3 is 2.34 bits per heavy atom. The predicted octanol–water partition coefficient (Wildman–Crippen LogP) is 5.73. The number of carbonyl (C=O) groups is 1. The molecule has 3 aromatic rings. The van der Waals surface area contributed by atoms with Crippen LogP contribution >= 0.6 is 23.4 Å². The van der Waals surface area contributed by atoms with Crippen molar-refractivity contribution in [1.29, 1.82) is 0 Å². The topological polar surface area (TPSA) is 66.5 Å². The lowest BCUT2D eigenvalue weighted by Crippen LogP contribution is -2.41. The molecule has 0 unspecified atom stereocenters. The number of nitrogens with zero attached hydrogens (tertiary/aromatic N) is 1. The van der Waals surface area contributed by atoms with Crippen molar-refractivity contribution in [2.24, 2.45) is 0 Å². The molecule has 0 saturated heterocycles. The number of thioether (sulfide) groups is 1. The Kier molecular flexibility index (Phi) is 9.60. The normalized spacial score (nSPS) is 11.3. The predicted molar refractivity (Wildman–Crippen MR) is 142 cm³/mol. The third-order valence-electron chi connectivity index (χ3n) is 5.44. The highest BCUT2D eigenvalue weighted by Crippen LogP contribution is 2.26. The van der Waals surface area contributed by atoms with E-state index in [4.69, 9.17) is 11.6 Å². The van der Waals surface area contributed by atoms with Crippen LogP contribution in [-0.2, 0) is 20.6 Å². The molecule has 3 aromatic carbocycles. The lowest BCUT2D eigenvalue weighted by molar-refractivity contribution is -0.119. The summed E-state index contributed by atoms with van der Waals surface area (Å²) in [6.45, 7) is 3.93. The molecular formula is C26H28ClFN2O3S2. The molecule has 1 amide bonds. The summed E-state index contributed by atoms with van der Waals surface area (Å²) in [4.78, 5) is 12.8. The van der Waals surface area contributed by atoms with Gasteiger partial charge in [0.2, 0.25) is 5.91 Å². The molecule has 35 heavy (non-hydrogen) atoms. The highest BCUT2D eigenvalue weighted by molar-refractivity contribution is 7.98. The lowest BCUT2D eigenvalue weighted by Gasteiger charge is -2.25. The number of sulfonamides is 1. The molecule has 5 nitrogen and oxygen atoms in total. The van der Waals surface area contributed by atoms with Crippen molar-refractivity contribution in [1.82, 2.24) is 5.32 Å². The maximum Gasteiger partial charge on any atom is 0.264 e. The van der Waals surface area contributed by atoms with Crippen LogP contribution < -0.4 is 9.62 Å². The molecule has 3 rings (SSSR count). The second kappa shape index (κ2) is 12.4. The van der Waals surface area contributed by atoms with Gasteiger partial charge in [-0.1, -0.05) is 29.8 Å². The second-order valence-corrected chi connectivity index (χ2v) is 11.5. The van der Waals surface area contributed by atoms with Gasteiger partial charge in [0, 0.05) is 17.3 Å². The Balaban J connectivity index is 1.61. The molecule has 0 heterocycles. The van der Waals surface area contributed by atoms with Gasteiger partial charge in [0.15, 0.2) is 0 Å². The van der Waals surface area contributed by atoms with Crippen LogP contribution in [0.1, 0.15) is 23.1 Å². The van der Waals surface area contributed by atoms with Crippen LogP contribution in [0.25, 0.3) is 0 Å². The van der Waals surface area contributed by atoms with E-state index in [-0.39, 0.29) is 23.2 Å². The monoisotopic (exact) mass is 534 g/mol. The summed E-state index contributed by atoms with van der Waals surface area (Å²) in [6.07, 6.45) is 0.727. The average molecular weight is 535 g/mol. The van der Waals surface area contributed by atoms with Crippen molar-refractivity contribution in [2.75, 3.05) is 23.1 Å². The highest BCUT2D eigenvalue weighted by Gasteiger charge is 2.27. The first-order valence-electron chi connectivity index (χ1n) is 11.1. The molecule has 0 aromatic heterocycles. The van der Waals surface area contributed by atoms with Gasteiger partial charge in [-0.15, -0.1) is 0 Å². The minimum atomic E-state index is -3.99. The largest absolute Gasteiger partial charge is 0.354 e. The van der Waals surface area contributed by atoms with Crippen molar-refractivity contribution in [3.63, 3.8) is 0 Å². The van der Waals surface area contributed by atoms with Crippen molar-refractivity contribution in [2.45, 2.75) is 30.9 Å². The van der Waals surface area contributed by atoms with Gasteiger partial charge in [0.1, 0.15) is 12.4 Å². The Labute approximate surface area is 215 Å². The second-order valence-electron chi connectivity index (χ2n) is 8.12. The zero-order valence-corrected chi connectivity index (χ0v) is 22.0. The number of carbonyl (C=O) groups excluding carboxylic acids is 1. The number of nitrogens with one attached hydrogen (secondary N) is 1. The van der Waals surface area contributed by atoms with Gasteiger partial charge >= 0.3 is 0 Å². The summed E-state index contributed by atoms with van der Waals surface area (Å²) >= 11 is 7.62. The van der Waals surface area contributed by atoms with Crippen LogP contribution in [0.2, 0.25) is 5.02 Å². The van der Waals surface area contributed by atoms with E-state index in [1.54, 1.807) is 36.0 Å². The Hall–Kier alpha value is -2.55. The van der Waals surface area contributed by atoms with E-state index in [1.165, 1.54) is 36.4 Å². The molecule has 0 aliphatic rings. The first kappa shape index (κ1) is 27.0. The number of amides is 1. The first-order valence-corrected chi connectivity index (χ1v) is 14.1. The van der Waals surface area contributed by atoms with E-state index in [0.717, 1.165) is 38.9 Å². The van der Waals surface area contributed by atoms with Gasteiger partial charge < -0.3 is 5.32 Å². The average Bonchev–Trinajstić information content (AvgIpc) is 2.83. The molecule has 0 atom stereocenters. The molecule has 0 bridgehead atoms. The smallest absolute Gasteiger partial charge is 0.264 e. The summed E-state index contributed by atoms with van der Waals surface area (Å²) < 4.78 is 41.0. The molecule has 0 fully saturated rings. The van der Waals surface area contributed by atoms with Crippen LogP contribution in [0, 0.1) is 19.7 Å². The van der Waals surface area contributed by atoms with E-state index < -0.39 is 10.0 Å². The molecule has 0 aliphatic heterocycles. The third-order valence-corrected chi connectivity index (χ3v) is 8.59. The summed E-state index contributed by atoms with van der Waals surface area (Å²) in [5, 5.41) is 3.25. The Bertz CT molecular complexity index is 1250. The van der Waals surface area contributed by atoms with Gasteiger partial charge in [-0.05, 0) is 91.2 Å². The van der Waals surface area contributed by atoms with Crippen molar-refractivity contribution >= 4 is 45.0 Å². The van der Waals surface area contributed by atoms with Crippen molar-refractivity contribution < 1.29 is 17.6 Å². The van der Waals surface area contributed by atoms with Gasteiger partial charge in [-0.25, -0.2) is 12.8 Å². The van der Waals surface area contributed by atoms with Crippen LogP contribution in [0.5, 0.6) is 0 Å². The van der Waals surface area contributed by atoms with E-state index in [0.29, 0.717) is 17.3 Å². The van der Waals surface area contributed by atoms with Gasteiger partial charge in [-0.2, -0.15) is 11.8 Å². The molecule has 0 aliphatic carbocycles. The van der Waals surface area contributed by atoms with E-state index >= 15 is 0 Å². The molecule has 1 N–H and O–H groups in total. The van der Waals surface area contributed by atoms with Crippen LogP contribution in [0.3, 0.4) is 0 Å². The maximum absolute atomic E-state index is 13.4. The number of benzene rings is 3. The fourth-order valence-electron chi connectivity index (χ4n) is 3.29. The minimum absolute atomic E-state index is 0.0603. The van der Waals surface area contributed by atoms with Crippen LogP contribution in [0.4, 0.5) is 10.1 Å². The molecule has 0 saturated carbocycles. The minimum Gasteiger partial charge on any atom is -0.354 e. The SMILES string of the molecule is Cc1ccc(N(CC(=O)NCCCSCc2ccc(F)cc2)S(=O)(=O)c2ccc(Cl)cc2)cc1C. The maximum atomic E-state index is 13.4. The number of aryl methyl sites for hydroxylation is 2. The van der Waals surface area contributed by atoms with Crippen LogP contribution in [-0.4, -0.2) is 33.2 Å². The number of hydrogen-bond acceptors (Lipinski definition) is 4. The van der Waals surface area contributed by atoms with E-state index in [9.17, 15) is 17.6 Å². The fourth-order valence-corrected chi connectivity index (χ4v) is 5.75.